The Kier molecular flexibility index (Phi) is 5.76. The van der Waals surface area contributed by atoms with Crippen molar-refractivity contribution in [2.75, 3.05) is 11.9 Å². The molecular weight excluding hydrogens is 351 g/mol. The van der Waals surface area contributed by atoms with Gasteiger partial charge in [0.15, 0.2) is 0 Å². The lowest BCUT2D eigenvalue weighted by Crippen LogP contribution is -2.09. The molecule has 0 atom stereocenters. The third-order valence-electron chi connectivity index (χ3n) is 3.46. The fourth-order valence-corrected chi connectivity index (χ4v) is 3.07. The van der Waals surface area contributed by atoms with Gasteiger partial charge in [-0.2, -0.15) is 0 Å². The molecule has 0 aliphatic carbocycles. The Balaban J connectivity index is 1.67. The first-order valence-electron chi connectivity index (χ1n) is 8.08. The zero-order valence-electron chi connectivity index (χ0n) is 14.1. The Bertz CT molecular complexity index is 920. The average molecular weight is 368 g/mol. The number of hydrogen-bond donors (Lipinski definition) is 1. The second-order valence-electron chi connectivity index (χ2n) is 5.34. The summed E-state index contributed by atoms with van der Waals surface area (Å²) < 4.78 is 18.5. The molecule has 3 rings (SSSR count). The summed E-state index contributed by atoms with van der Waals surface area (Å²) in [7, 11) is 0. The van der Waals surface area contributed by atoms with Crippen molar-refractivity contribution in [3.8, 4) is 16.3 Å². The number of amides is 1. The van der Waals surface area contributed by atoms with Crippen molar-refractivity contribution in [1.29, 1.82) is 0 Å². The van der Waals surface area contributed by atoms with Crippen molar-refractivity contribution < 1.29 is 13.9 Å². The minimum Gasteiger partial charge on any atom is -0.492 e. The molecule has 2 aromatic carbocycles. The van der Waals surface area contributed by atoms with Crippen LogP contribution in [-0.4, -0.2) is 17.5 Å². The molecule has 26 heavy (non-hydrogen) atoms. The van der Waals surface area contributed by atoms with E-state index < -0.39 is 0 Å². The maximum Gasteiger partial charge on any atom is 0.248 e. The van der Waals surface area contributed by atoms with Gasteiger partial charge in [0.05, 0.1) is 18.0 Å². The number of para-hydroxylation sites is 2. The Morgan fingerprint density at radius 1 is 1.23 bits per heavy atom. The summed E-state index contributed by atoms with van der Waals surface area (Å²) in [5, 5.41) is 5.41. The number of rotatable bonds is 6. The predicted octanol–water partition coefficient (Wildman–Crippen LogP) is 5.00. The number of aromatic nitrogens is 1. The predicted molar refractivity (Wildman–Crippen MR) is 103 cm³/mol. The maximum atomic E-state index is 13.0. The Labute approximate surface area is 155 Å². The molecule has 0 aliphatic rings. The number of carbonyl (C=O) groups is 1. The molecule has 0 spiro atoms. The first-order chi connectivity index (χ1) is 12.7. The minimum atomic E-state index is -0.283. The Morgan fingerprint density at radius 2 is 2.00 bits per heavy atom. The van der Waals surface area contributed by atoms with Crippen LogP contribution in [0, 0.1) is 5.82 Å². The smallest absolute Gasteiger partial charge is 0.248 e. The van der Waals surface area contributed by atoms with Gasteiger partial charge in [-0.25, -0.2) is 9.37 Å². The number of ether oxygens (including phenoxy) is 1. The molecule has 4 nitrogen and oxygen atoms in total. The molecule has 0 saturated heterocycles. The van der Waals surface area contributed by atoms with Crippen molar-refractivity contribution in [3.05, 3.63) is 71.5 Å². The van der Waals surface area contributed by atoms with E-state index in [1.54, 1.807) is 30.3 Å². The number of nitrogens with one attached hydrogen (secondary N) is 1. The molecule has 1 aromatic heterocycles. The highest BCUT2D eigenvalue weighted by Crippen LogP contribution is 2.25. The van der Waals surface area contributed by atoms with E-state index in [4.69, 9.17) is 4.74 Å². The highest BCUT2D eigenvalue weighted by molar-refractivity contribution is 7.13. The van der Waals surface area contributed by atoms with E-state index in [9.17, 15) is 9.18 Å². The quantitative estimate of drug-likeness (QED) is 0.623. The number of nitrogens with zero attached hydrogens (tertiary/aromatic N) is 1. The molecule has 0 unspecified atom stereocenters. The number of anilines is 1. The Morgan fingerprint density at radius 3 is 2.77 bits per heavy atom. The van der Waals surface area contributed by atoms with Crippen LogP contribution in [0.1, 0.15) is 12.6 Å². The molecule has 0 aliphatic heterocycles. The first-order valence-corrected chi connectivity index (χ1v) is 8.96. The molecule has 0 fully saturated rings. The third kappa shape index (κ3) is 4.55. The summed E-state index contributed by atoms with van der Waals surface area (Å²) in [4.78, 5) is 16.6. The van der Waals surface area contributed by atoms with Gasteiger partial charge < -0.3 is 10.1 Å². The molecule has 1 amide bonds. The van der Waals surface area contributed by atoms with Gasteiger partial charge in [0.2, 0.25) is 5.91 Å². The van der Waals surface area contributed by atoms with Crippen LogP contribution in [0.5, 0.6) is 5.75 Å². The van der Waals surface area contributed by atoms with Crippen molar-refractivity contribution in [2.45, 2.75) is 6.92 Å². The summed E-state index contributed by atoms with van der Waals surface area (Å²) in [6, 6.07) is 13.4. The number of benzene rings is 2. The van der Waals surface area contributed by atoms with E-state index in [1.807, 2.05) is 24.4 Å². The maximum absolute atomic E-state index is 13.0. The van der Waals surface area contributed by atoms with E-state index in [1.165, 1.54) is 29.5 Å². The van der Waals surface area contributed by atoms with Gasteiger partial charge in [-0.1, -0.05) is 12.1 Å². The minimum absolute atomic E-state index is 0.270. The second-order valence-corrected chi connectivity index (χ2v) is 6.19. The lowest BCUT2D eigenvalue weighted by molar-refractivity contribution is -0.111. The highest BCUT2D eigenvalue weighted by Gasteiger charge is 2.06. The van der Waals surface area contributed by atoms with E-state index in [2.05, 4.69) is 10.3 Å². The lowest BCUT2D eigenvalue weighted by Gasteiger charge is -2.09. The molecule has 0 saturated carbocycles. The van der Waals surface area contributed by atoms with Crippen LogP contribution < -0.4 is 10.1 Å². The van der Waals surface area contributed by atoms with Crippen molar-refractivity contribution >= 4 is 29.0 Å². The summed E-state index contributed by atoms with van der Waals surface area (Å²) in [5.74, 6) is 0.0759. The highest BCUT2D eigenvalue weighted by atomic mass is 32.1. The molecule has 6 heteroatoms. The molecule has 0 bridgehead atoms. The molecule has 1 heterocycles. The number of hydrogen-bond acceptors (Lipinski definition) is 4. The normalized spacial score (nSPS) is 10.8. The summed E-state index contributed by atoms with van der Waals surface area (Å²) in [6.45, 7) is 2.41. The molecule has 132 valence electrons. The van der Waals surface area contributed by atoms with E-state index >= 15 is 0 Å². The van der Waals surface area contributed by atoms with Crippen LogP contribution in [0.2, 0.25) is 0 Å². The summed E-state index contributed by atoms with van der Waals surface area (Å²) in [6.07, 6.45) is 3.06. The van der Waals surface area contributed by atoms with Crippen LogP contribution in [0.25, 0.3) is 16.6 Å². The van der Waals surface area contributed by atoms with E-state index in [-0.39, 0.29) is 11.7 Å². The van der Waals surface area contributed by atoms with Gasteiger partial charge in [-0.15, -0.1) is 11.3 Å². The number of halogens is 1. The van der Waals surface area contributed by atoms with Crippen molar-refractivity contribution in [3.63, 3.8) is 0 Å². The van der Waals surface area contributed by atoms with Gasteiger partial charge in [0.25, 0.3) is 0 Å². The molecule has 0 radical (unpaired) electrons. The number of carbonyl (C=O) groups excluding carboxylic acids is 1. The largest absolute Gasteiger partial charge is 0.492 e. The van der Waals surface area contributed by atoms with Crippen molar-refractivity contribution in [1.82, 2.24) is 4.98 Å². The average Bonchev–Trinajstić information content (AvgIpc) is 3.11. The van der Waals surface area contributed by atoms with Gasteiger partial charge in [0, 0.05) is 17.0 Å². The first kappa shape index (κ1) is 17.8. The fourth-order valence-electron chi connectivity index (χ4n) is 2.27. The fraction of sp³-hybridized carbons (Fsp3) is 0.100. The van der Waals surface area contributed by atoms with Gasteiger partial charge in [-0.05, 0) is 49.4 Å². The third-order valence-corrected chi connectivity index (χ3v) is 4.37. The van der Waals surface area contributed by atoms with Crippen LogP contribution in [0.4, 0.5) is 10.1 Å². The molecular formula is C20H17FN2O2S. The van der Waals surface area contributed by atoms with Gasteiger partial charge in [-0.3, -0.25) is 4.79 Å². The summed E-state index contributed by atoms with van der Waals surface area (Å²) >= 11 is 1.44. The standard InChI is InChI=1S/C20H17FN2O2S/c1-2-25-18-6-4-3-5-17(18)23-19(24)12-11-16-13-26-20(22-16)14-7-9-15(21)10-8-14/h3-13H,2H2,1H3,(H,23,24)/b12-11+. The molecule has 3 aromatic rings. The zero-order valence-corrected chi connectivity index (χ0v) is 14.9. The second kappa shape index (κ2) is 8.40. The SMILES string of the molecule is CCOc1ccccc1NC(=O)/C=C/c1csc(-c2ccc(F)cc2)n1. The summed E-state index contributed by atoms with van der Waals surface area (Å²) in [5.41, 5.74) is 2.13. The lowest BCUT2D eigenvalue weighted by atomic mass is 10.2. The van der Waals surface area contributed by atoms with Crippen molar-refractivity contribution in [2.24, 2.45) is 0 Å². The van der Waals surface area contributed by atoms with Gasteiger partial charge >= 0.3 is 0 Å². The molecule has 1 N–H and O–H groups in total. The zero-order chi connectivity index (χ0) is 18.4. The topological polar surface area (TPSA) is 51.2 Å². The van der Waals surface area contributed by atoms with E-state index in [0.29, 0.717) is 23.7 Å². The monoisotopic (exact) mass is 368 g/mol. The van der Waals surface area contributed by atoms with Crippen LogP contribution in [0.15, 0.2) is 60.0 Å². The van der Waals surface area contributed by atoms with Crippen LogP contribution in [0.3, 0.4) is 0 Å². The Hall–Kier alpha value is -2.99. The van der Waals surface area contributed by atoms with E-state index in [0.717, 1.165) is 10.6 Å². The van der Waals surface area contributed by atoms with Crippen LogP contribution >= 0.6 is 11.3 Å². The van der Waals surface area contributed by atoms with Crippen LogP contribution in [-0.2, 0) is 4.79 Å². The number of thiazole rings is 1. The van der Waals surface area contributed by atoms with Gasteiger partial charge in [0.1, 0.15) is 16.6 Å².